The van der Waals surface area contributed by atoms with Crippen LogP contribution in [0.2, 0.25) is 0 Å². The number of likely N-dealkylation sites (tertiary alicyclic amines) is 1. The summed E-state index contributed by atoms with van der Waals surface area (Å²) in [6.45, 7) is 3.36. The van der Waals surface area contributed by atoms with E-state index in [2.05, 4.69) is 10.3 Å². The van der Waals surface area contributed by atoms with Crippen LogP contribution < -0.4 is 5.32 Å². The Morgan fingerprint density at radius 1 is 1.29 bits per heavy atom. The molecule has 3 rings (SSSR count). The van der Waals surface area contributed by atoms with Crippen LogP contribution in [0.15, 0.2) is 24.4 Å². The Balaban J connectivity index is 1.72. The minimum Gasteiger partial charge on any atom is -0.333 e. The largest absolute Gasteiger partial charge is 0.333 e. The molecule has 130 valence electrons. The molecule has 1 aromatic heterocycles. The number of carbonyl (C=O) groups is 2. The topological polar surface area (TPSA) is 65.5 Å². The van der Waals surface area contributed by atoms with Crippen molar-refractivity contribution in [2.24, 2.45) is 0 Å². The Morgan fingerprint density at radius 3 is 2.96 bits per heavy atom. The lowest BCUT2D eigenvalue weighted by molar-refractivity contribution is -0.140. The Morgan fingerprint density at radius 2 is 2.21 bits per heavy atom. The molecule has 3 heterocycles. The van der Waals surface area contributed by atoms with Crippen molar-refractivity contribution in [2.45, 2.75) is 44.7 Å². The average molecular weight is 330 g/mol. The Hall–Kier alpha value is -1.95. The zero-order valence-corrected chi connectivity index (χ0v) is 14.1. The number of hydrogen-bond acceptors (Lipinski definition) is 4. The summed E-state index contributed by atoms with van der Waals surface area (Å²) < 4.78 is 0. The second-order valence-corrected chi connectivity index (χ2v) is 6.60. The molecule has 2 aliphatic rings. The SMILES string of the molecule is O=C1CCCN1CC(=O)N(Cc1ccccn1)[C@H]1CCCNCC1. The van der Waals surface area contributed by atoms with Crippen LogP contribution in [0.5, 0.6) is 0 Å². The molecule has 0 aliphatic carbocycles. The first-order valence-corrected chi connectivity index (χ1v) is 8.92. The fourth-order valence-electron chi connectivity index (χ4n) is 3.52. The van der Waals surface area contributed by atoms with Gasteiger partial charge in [-0.25, -0.2) is 0 Å². The van der Waals surface area contributed by atoms with Gasteiger partial charge in [0.2, 0.25) is 11.8 Å². The van der Waals surface area contributed by atoms with Crippen LogP contribution in [-0.2, 0) is 16.1 Å². The van der Waals surface area contributed by atoms with E-state index in [1.165, 1.54) is 0 Å². The molecule has 2 aliphatic heterocycles. The van der Waals surface area contributed by atoms with Gasteiger partial charge in [0.15, 0.2) is 0 Å². The van der Waals surface area contributed by atoms with Crippen LogP contribution in [0.25, 0.3) is 0 Å². The number of nitrogens with zero attached hydrogens (tertiary/aromatic N) is 3. The van der Waals surface area contributed by atoms with Crippen LogP contribution in [0.3, 0.4) is 0 Å². The third kappa shape index (κ3) is 4.32. The molecule has 0 saturated carbocycles. The van der Waals surface area contributed by atoms with Crippen LogP contribution in [-0.4, -0.2) is 58.8 Å². The van der Waals surface area contributed by atoms with Crippen LogP contribution >= 0.6 is 0 Å². The molecule has 6 heteroatoms. The Labute approximate surface area is 143 Å². The minimum atomic E-state index is 0.0443. The first-order valence-electron chi connectivity index (χ1n) is 8.92. The number of hydrogen-bond donors (Lipinski definition) is 1. The van der Waals surface area contributed by atoms with Crippen molar-refractivity contribution in [1.82, 2.24) is 20.1 Å². The van der Waals surface area contributed by atoms with Crippen molar-refractivity contribution in [3.8, 4) is 0 Å². The molecule has 24 heavy (non-hydrogen) atoms. The van der Waals surface area contributed by atoms with Crippen molar-refractivity contribution < 1.29 is 9.59 Å². The van der Waals surface area contributed by atoms with Crippen molar-refractivity contribution >= 4 is 11.8 Å². The number of pyridine rings is 1. The van der Waals surface area contributed by atoms with Gasteiger partial charge in [-0.05, 0) is 50.9 Å². The Kier molecular flexibility index (Phi) is 5.80. The van der Waals surface area contributed by atoms with Gasteiger partial charge in [0.25, 0.3) is 0 Å². The maximum absolute atomic E-state index is 12.9. The van der Waals surface area contributed by atoms with Gasteiger partial charge in [-0.2, -0.15) is 0 Å². The first kappa shape index (κ1) is 16.9. The molecule has 1 N–H and O–H groups in total. The normalized spacial score (nSPS) is 21.6. The number of carbonyl (C=O) groups excluding carboxylic acids is 2. The smallest absolute Gasteiger partial charge is 0.242 e. The van der Waals surface area contributed by atoms with E-state index in [0.717, 1.165) is 44.5 Å². The highest BCUT2D eigenvalue weighted by atomic mass is 16.2. The molecule has 2 fully saturated rings. The fraction of sp³-hybridized carbons (Fsp3) is 0.611. The highest BCUT2D eigenvalue weighted by molar-refractivity contribution is 5.86. The van der Waals surface area contributed by atoms with Gasteiger partial charge in [-0.1, -0.05) is 6.07 Å². The summed E-state index contributed by atoms with van der Waals surface area (Å²) in [5, 5.41) is 3.40. The fourth-order valence-corrected chi connectivity index (χ4v) is 3.52. The molecular formula is C18H26N4O2. The predicted octanol–water partition coefficient (Wildman–Crippen LogP) is 1.17. The third-order valence-corrected chi connectivity index (χ3v) is 4.86. The van der Waals surface area contributed by atoms with Gasteiger partial charge in [0.1, 0.15) is 0 Å². The van der Waals surface area contributed by atoms with Gasteiger partial charge < -0.3 is 15.1 Å². The maximum atomic E-state index is 12.9. The Bertz CT molecular complexity index is 555. The molecule has 0 bridgehead atoms. The van der Waals surface area contributed by atoms with Crippen molar-refractivity contribution in [3.05, 3.63) is 30.1 Å². The monoisotopic (exact) mass is 330 g/mol. The number of nitrogens with one attached hydrogen (secondary N) is 1. The van der Waals surface area contributed by atoms with Gasteiger partial charge in [0, 0.05) is 25.2 Å². The van der Waals surface area contributed by atoms with Crippen molar-refractivity contribution in [3.63, 3.8) is 0 Å². The second-order valence-electron chi connectivity index (χ2n) is 6.60. The molecular weight excluding hydrogens is 304 g/mol. The van der Waals surface area contributed by atoms with E-state index < -0.39 is 0 Å². The van der Waals surface area contributed by atoms with E-state index in [4.69, 9.17) is 0 Å². The summed E-state index contributed by atoms with van der Waals surface area (Å²) in [5.74, 6) is 0.145. The molecule has 1 aromatic rings. The molecule has 1 atom stereocenters. The van der Waals surface area contributed by atoms with E-state index in [1.807, 2.05) is 23.1 Å². The van der Waals surface area contributed by atoms with Gasteiger partial charge >= 0.3 is 0 Å². The van der Waals surface area contributed by atoms with E-state index in [1.54, 1.807) is 11.1 Å². The summed E-state index contributed by atoms with van der Waals surface area (Å²) in [6.07, 6.45) is 6.21. The summed E-state index contributed by atoms with van der Waals surface area (Å²) in [7, 11) is 0. The number of amides is 2. The van der Waals surface area contributed by atoms with Crippen LogP contribution in [0.4, 0.5) is 0 Å². The molecule has 6 nitrogen and oxygen atoms in total. The van der Waals surface area contributed by atoms with Gasteiger partial charge in [0.05, 0.1) is 18.8 Å². The van der Waals surface area contributed by atoms with E-state index in [9.17, 15) is 9.59 Å². The van der Waals surface area contributed by atoms with E-state index in [-0.39, 0.29) is 24.4 Å². The zero-order chi connectivity index (χ0) is 16.8. The van der Waals surface area contributed by atoms with E-state index >= 15 is 0 Å². The quantitative estimate of drug-likeness (QED) is 0.880. The van der Waals surface area contributed by atoms with E-state index in [0.29, 0.717) is 19.5 Å². The summed E-state index contributed by atoms with van der Waals surface area (Å²) >= 11 is 0. The number of aromatic nitrogens is 1. The third-order valence-electron chi connectivity index (χ3n) is 4.86. The molecule has 0 unspecified atom stereocenters. The van der Waals surface area contributed by atoms with Crippen molar-refractivity contribution in [2.75, 3.05) is 26.2 Å². The minimum absolute atomic E-state index is 0.0443. The molecule has 2 amide bonds. The highest BCUT2D eigenvalue weighted by Gasteiger charge is 2.29. The molecule has 0 radical (unpaired) electrons. The highest BCUT2D eigenvalue weighted by Crippen LogP contribution is 2.18. The molecule has 2 saturated heterocycles. The lowest BCUT2D eigenvalue weighted by Crippen LogP contribution is -2.46. The molecule has 0 aromatic carbocycles. The lowest BCUT2D eigenvalue weighted by Gasteiger charge is -2.32. The summed E-state index contributed by atoms with van der Waals surface area (Å²) in [6, 6.07) is 6.00. The first-order chi connectivity index (χ1) is 11.7. The lowest BCUT2D eigenvalue weighted by atomic mass is 10.1. The van der Waals surface area contributed by atoms with Crippen molar-refractivity contribution in [1.29, 1.82) is 0 Å². The zero-order valence-electron chi connectivity index (χ0n) is 14.1. The predicted molar refractivity (Wildman–Crippen MR) is 91.1 cm³/mol. The molecule has 0 spiro atoms. The van der Waals surface area contributed by atoms with Crippen LogP contribution in [0.1, 0.15) is 37.8 Å². The van der Waals surface area contributed by atoms with Crippen LogP contribution in [0, 0.1) is 0 Å². The van der Waals surface area contributed by atoms with Gasteiger partial charge in [-0.3, -0.25) is 14.6 Å². The standard InChI is InChI=1S/C18H26N4O2/c23-17-7-4-12-21(17)14-18(24)22(13-15-5-1-2-10-20-15)16-6-3-9-19-11-8-16/h1-2,5,10,16,19H,3-4,6-9,11-14H2/t16-/m0/s1. The maximum Gasteiger partial charge on any atom is 0.242 e. The number of rotatable bonds is 5. The second kappa shape index (κ2) is 8.24. The summed E-state index contributed by atoms with van der Waals surface area (Å²) in [5.41, 5.74) is 0.899. The van der Waals surface area contributed by atoms with Gasteiger partial charge in [-0.15, -0.1) is 0 Å². The summed E-state index contributed by atoms with van der Waals surface area (Å²) in [4.78, 5) is 32.8. The average Bonchev–Trinajstić information content (AvgIpc) is 2.85.